The van der Waals surface area contributed by atoms with Crippen molar-refractivity contribution in [3.05, 3.63) is 69.8 Å². The second kappa shape index (κ2) is 10.5. The standard InChI is InChI=1S/C23H26N4O4S/c28-22-8-7-20(21-6-2-15-32-21)24-27(22)17-18-4-1-5-19(16-18)26(23(29)30)10-3-9-25-11-13-31-14-12-25/h1-2,4-8,15-16H,3,9-14,17H2,(H,29,30). The molecule has 0 atom stereocenters. The molecule has 9 heteroatoms. The van der Waals surface area contributed by atoms with E-state index in [0.717, 1.165) is 55.4 Å². The summed E-state index contributed by atoms with van der Waals surface area (Å²) in [5, 5.41) is 16.2. The molecule has 1 aliphatic rings. The molecule has 3 heterocycles. The van der Waals surface area contributed by atoms with Gasteiger partial charge in [-0.2, -0.15) is 5.10 Å². The topological polar surface area (TPSA) is 87.9 Å². The summed E-state index contributed by atoms with van der Waals surface area (Å²) in [7, 11) is 0. The Morgan fingerprint density at radius 2 is 2.00 bits per heavy atom. The Hall–Kier alpha value is -3.01. The highest BCUT2D eigenvalue weighted by atomic mass is 32.1. The number of carbonyl (C=O) groups is 1. The zero-order chi connectivity index (χ0) is 22.3. The maximum absolute atomic E-state index is 12.3. The fourth-order valence-corrected chi connectivity index (χ4v) is 4.42. The van der Waals surface area contributed by atoms with Gasteiger partial charge in [0.15, 0.2) is 0 Å². The van der Waals surface area contributed by atoms with E-state index < -0.39 is 6.09 Å². The van der Waals surface area contributed by atoms with E-state index in [1.54, 1.807) is 23.5 Å². The van der Waals surface area contributed by atoms with Crippen LogP contribution in [0.4, 0.5) is 10.5 Å². The highest BCUT2D eigenvalue weighted by molar-refractivity contribution is 7.13. The van der Waals surface area contributed by atoms with Gasteiger partial charge in [0.2, 0.25) is 0 Å². The van der Waals surface area contributed by atoms with Gasteiger partial charge in [-0.25, -0.2) is 9.48 Å². The molecule has 1 aliphatic heterocycles. The van der Waals surface area contributed by atoms with Crippen molar-refractivity contribution < 1.29 is 14.6 Å². The molecule has 32 heavy (non-hydrogen) atoms. The van der Waals surface area contributed by atoms with Crippen LogP contribution in [-0.2, 0) is 11.3 Å². The number of rotatable bonds is 8. The number of hydrogen-bond donors (Lipinski definition) is 1. The minimum atomic E-state index is -0.987. The number of amides is 1. The summed E-state index contributed by atoms with van der Waals surface area (Å²) in [6.07, 6.45) is -0.250. The number of hydrogen-bond acceptors (Lipinski definition) is 6. The van der Waals surface area contributed by atoms with Crippen LogP contribution in [0.3, 0.4) is 0 Å². The highest BCUT2D eigenvalue weighted by Gasteiger charge is 2.16. The van der Waals surface area contributed by atoms with Crippen LogP contribution in [0.5, 0.6) is 0 Å². The van der Waals surface area contributed by atoms with Crippen molar-refractivity contribution in [1.29, 1.82) is 0 Å². The number of morpholine rings is 1. The number of carboxylic acid groups (broad SMARTS) is 1. The van der Waals surface area contributed by atoms with Crippen LogP contribution < -0.4 is 10.5 Å². The van der Waals surface area contributed by atoms with Crippen molar-refractivity contribution in [3.8, 4) is 10.6 Å². The molecule has 1 saturated heterocycles. The lowest BCUT2D eigenvalue weighted by molar-refractivity contribution is 0.0376. The third-order valence-corrected chi connectivity index (χ3v) is 6.28. The number of nitrogens with zero attached hydrogens (tertiary/aromatic N) is 4. The van der Waals surface area contributed by atoms with E-state index >= 15 is 0 Å². The second-order valence-electron chi connectivity index (χ2n) is 7.60. The van der Waals surface area contributed by atoms with Gasteiger partial charge in [-0.1, -0.05) is 18.2 Å². The summed E-state index contributed by atoms with van der Waals surface area (Å²) in [6.45, 7) is 4.73. The third kappa shape index (κ3) is 5.61. The second-order valence-corrected chi connectivity index (χ2v) is 8.55. The van der Waals surface area contributed by atoms with E-state index in [9.17, 15) is 14.7 Å². The number of anilines is 1. The number of ether oxygens (including phenoxy) is 1. The molecule has 1 aromatic carbocycles. The maximum atomic E-state index is 12.3. The highest BCUT2D eigenvalue weighted by Crippen LogP contribution is 2.22. The lowest BCUT2D eigenvalue weighted by atomic mass is 10.2. The predicted octanol–water partition coefficient (Wildman–Crippen LogP) is 3.23. The van der Waals surface area contributed by atoms with Crippen LogP contribution in [0, 0.1) is 0 Å². The fraction of sp³-hybridized carbons (Fsp3) is 0.348. The van der Waals surface area contributed by atoms with Crippen LogP contribution in [0.2, 0.25) is 0 Å². The minimum absolute atomic E-state index is 0.198. The average molecular weight is 455 g/mol. The van der Waals surface area contributed by atoms with Crippen molar-refractivity contribution in [1.82, 2.24) is 14.7 Å². The molecule has 0 spiro atoms. The first kappa shape index (κ1) is 22.2. The first-order valence-corrected chi connectivity index (χ1v) is 11.5. The summed E-state index contributed by atoms with van der Waals surface area (Å²) >= 11 is 1.56. The molecule has 3 aromatic rings. The van der Waals surface area contributed by atoms with Crippen LogP contribution in [0.15, 0.2) is 58.7 Å². The summed E-state index contributed by atoms with van der Waals surface area (Å²) in [5.74, 6) is 0. The van der Waals surface area contributed by atoms with Gasteiger partial charge in [-0.05, 0) is 41.6 Å². The lowest BCUT2D eigenvalue weighted by Gasteiger charge is -2.27. The summed E-state index contributed by atoms with van der Waals surface area (Å²) in [4.78, 5) is 28.9. The van der Waals surface area contributed by atoms with E-state index in [0.29, 0.717) is 12.2 Å². The molecule has 0 radical (unpaired) electrons. The smallest absolute Gasteiger partial charge is 0.411 e. The summed E-state index contributed by atoms with van der Waals surface area (Å²) in [5.41, 5.74) is 1.96. The molecule has 168 valence electrons. The van der Waals surface area contributed by atoms with Crippen LogP contribution in [0.1, 0.15) is 12.0 Å². The van der Waals surface area contributed by atoms with Gasteiger partial charge in [0.1, 0.15) is 5.69 Å². The quantitative estimate of drug-likeness (QED) is 0.562. The summed E-state index contributed by atoms with van der Waals surface area (Å²) in [6, 6.07) is 14.4. The molecule has 2 aromatic heterocycles. The van der Waals surface area contributed by atoms with Crippen LogP contribution in [0.25, 0.3) is 10.6 Å². The van der Waals surface area contributed by atoms with E-state index in [2.05, 4.69) is 10.00 Å². The van der Waals surface area contributed by atoms with Crippen molar-refractivity contribution >= 4 is 23.1 Å². The molecule has 1 fully saturated rings. The Kier molecular flexibility index (Phi) is 7.31. The predicted molar refractivity (Wildman–Crippen MR) is 125 cm³/mol. The Balaban J connectivity index is 1.46. The first-order chi connectivity index (χ1) is 15.6. The third-order valence-electron chi connectivity index (χ3n) is 5.39. The molecular formula is C23H26N4O4S. The molecule has 1 N–H and O–H groups in total. The number of aromatic nitrogens is 2. The van der Waals surface area contributed by atoms with Crippen molar-refractivity contribution in [2.24, 2.45) is 0 Å². The van der Waals surface area contributed by atoms with E-state index in [4.69, 9.17) is 4.74 Å². The average Bonchev–Trinajstić information content (AvgIpc) is 3.34. The van der Waals surface area contributed by atoms with Crippen molar-refractivity contribution in [2.75, 3.05) is 44.3 Å². The largest absolute Gasteiger partial charge is 0.465 e. The van der Waals surface area contributed by atoms with Crippen molar-refractivity contribution in [2.45, 2.75) is 13.0 Å². The first-order valence-electron chi connectivity index (χ1n) is 10.6. The van der Waals surface area contributed by atoms with Crippen LogP contribution >= 0.6 is 11.3 Å². The zero-order valence-electron chi connectivity index (χ0n) is 17.7. The van der Waals surface area contributed by atoms with Crippen LogP contribution in [-0.4, -0.2) is 65.3 Å². The molecule has 0 saturated carbocycles. The van der Waals surface area contributed by atoms with Gasteiger partial charge >= 0.3 is 6.09 Å². The number of benzene rings is 1. The minimum Gasteiger partial charge on any atom is -0.465 e. The molecule has 0 unspecified atom stereocenters. The van der Waals surface area contributed by atoms with Gasteiger partial charge in [0, 0.05) is 37.9 Å². The van der Waals surface area contributed by atoms with Gasteiger partial charge in [-0.15, -0.1) is 11.3 Å². The molecule has 1 amide bonds. The lowest BCUT2D eigenvalue weighted by Crippen LogP contribution is -2.39. The Morgan fingerprint density at radius 3 is 2.75 bits per heavy atom. The SMILES string of the molecule is O=C(O)N(CCCN1CCOCC1)c1cccc(Cn2nc(-c3cccs3)ccc2=O)c1. The van der Waals surface area contributed by atoms with Gasteiger partial charge < -0.3 is 9.84 Å². The Bertz CT molecular complexity index is 1090. The molecule has 0 bridgehead atoms. The summed E-state index contributed by atoms with van der Waals surface area (Å²) < 4.78 is 6.77. The Labute approximate surface area is 190 Å². The fourth-order valence-electron chi connectivity index (χ4n) is 3.73. The van der Waals surface area contributed by atoms with Gasteiger partial charge in [0.25, 0.3) is 5.56 Å². The Morgan fingerprint density at radius 1 is 1.16 bits per heavy atom. The normalized spacial score (nSPS) is 14.4. The molecular weight excluding hydrogens is 428 g/mol. The zero-order valence-corrected chi connectivity index (χ0v) is 18.5. The number of thiophene rings is 1. The van der Waals surface area contributed by atoms with Crippen molar-refractivity contribution in [3.63, 3.8) is 0 Å². The van der Waals surface area contributed by atoms with E-state index in [1.165, 1.54) is 15.6 Å². The van der Waals surface area contributed by atoms with E-state index in [1.807, 2.05) is 35.7 Å². The molecule has 0 aliphatic carbocycles. The molecule has 8 nitrogen and oxygen atoms in total. The van der Waals surface area contributed by atoms with Gasteiger partial charge in [-0.3, -0.25) is 14.6 Å². The molecule has 4 rings (SSSR count). The van der Waals surface area contributed by atoms with E-state index in [-0.39, 0.29) is 12.1 Å². The maximum Gasteiger partial charge on any atom is 0.411 e. The monoisotopic (exact) mass is 454 g/mol. The van der Waals surface area contributed by atoms with Gasteiger partial charge in [0.05, 0.1) is 24.6 Å².